The van der Waals surface area contributed by atoms with E-state index in [0.717, 1.165) is 0 Å². The summed E-state index contributed by atoms with van der Waals surface area (Å²) in [5, 5.41) is 16.8. The van der Waals surface area contributed by atoms with E-state index in [9.17, 15) is 24.5 Å². The molecule has 0 spiro atoms. The van der Waals surface area contributed by atoms with Gasteiger partial charge in [0.25, 0.3) is 11.6 Å². The van der Waals surface area contributed by atoms with E-state index in [-0.39, 0.29) is 36.0 Å². The molecule has 10 nitrogen and oxygen atoms in total. The largest absolute Gasteiger partial charge is 0.354 e. The number of non-ortho nitro benzene ring substituents is 1. The predicted octanol–water partition coefficient (Wildman–Crippen LogP) is 1.94. The first-order valence-electron chi connectivity index (χ1n) is 10.3. The molecule has 0 aliphatic carbocycles. The summed E-state index contributed by atoms with van der Waals surface area (Å²) in [5.74, 6) is -0.360. The number of amides is 4. The molecule has 0 saturated carbocycles. The number of nitro groups is 1. The maximum atomic E-state index is 13.4. The van der Waals surface area contributed by atoms with Gasteiger partial charge in [-0.15, -0.1) is 0 Å². The normalized spacial score (nSPS) is 19.5. The van der Waals surface area contributed by atoms with Gasteiger partial charge in [-0.25, -0.2) is 4.79 Å². The number of rotatable bonds is 7. The van der Waals surface area contributed by atoms with E-state index in [1.165, 1.54) is 28.0 Å². The van der Waals surface area contributed by atoms with Crippen molar-refractivity contribution in [3.8, 4) is 0 Å². The van der Waals surface area contributed by atoms with Crippen LogP contribution in [0.15, 0.2) is 35.5 Å². The Hall–Kier alpha value is -3.43. The van der Waals surface area contributed by atoms with Gasteiger partial charge < -0.3 is 15.5 Å². The zero-order valence-electron chi connectivity index (χ0n) is 18.0. The van der Waals surface area contributed by atoms with Crippen molar-refractivity contribution in [2.75, 3.05) is 19.6 Å². The van der Waals surface area contributed by atoms with E-state index in [1.54, 1.807) is 19.9 Å². The van der Waals surface area contributed by atoms with Crippen LogP contribution in [0.4, 0.5) is 10.5 Å². The van der Waals surface area contributed by atoms with Crippen molar-refractivity contribution in [2.45, 2.75) is 39.8 Å². The zero-order chi connectivity index (χ0) is 22.9. The molecular formula is C21H27N5O5. The average molecular weight is 429 g/mol. The highest BCUT2D eigenvalue weighted by Gasteiger charge is 2.46. The molecule has 2 N–H and O–H groups in total. The van der Waals surface area contributed by atoms with E-state index in [0.29, 0.717) is 29.9 Å². The smallest absolute Gasteiger partial charge is 0.322 e. The molecule has 2 aliphatic heterocycles. The van der Waals surface area contributed by atoms with Gasteiger partial charge in [-0.05, 0) is 25.3 Å². The number of nitrogens with one attached hydrogen (secondary N) is 2. The zero-order valence-corrected chi connectivity index (χ0v) is 18.0. The summed E-state index contributed by atoms with van der Waals surface area (Å²) in [5.41, 5.74) is 1.18. The summed E-state index contributed by atoms with van der Waals surface area (Å²) in [6, 6.07) is 3.93. The van der Waals surface area contributed by atoms with E-state index in [1.807, 2.05) is 13.8 Å². The Labute approximate surface area is 180 Å². The third kappa shape index (κ3) is 4.23. The van der Waals surface area contributed by atoms with Crippen LogP contribution in [0.1, 0.15) is 39.3 Å². The first-order chi connectivity index (χ1) is 14.6. The first-order valence-corrected chi connectivity index (χ1v) is 10.3. The van der Waals surface area contributed by atoms with Crippen molar-refractivity contribution in [3.05, 3.63) is 51.2 Å². The minimum absolute atomic E-state index is 0.122. The summed E-state index contributed by atoms with van der Waals surface area (Å²) >= 11 is 0. The minimum atomic E-state index is -0.825. The van der Waals surface area contributed by atoms with Crippen LogP contribution in [-0.4, -0.2) is 58.2 Å². The molecule has 0 aromatic heterocycles. The average Bonchev–Trinajstić information content (AvgIpc) is 3.07. The predicted molar refractivity (Wildman–Crippen MR) is 113 cm³/mol. The highest BCUT2D eigenvalue weighted by Crippen LogP contribution is 2.37. The number of nitrogens with zero attached hydrogens (tertiary/aromatic N) is 3. The van der Waals surface area contributed by atoms with Crippen LogP contribution in [-0.2, 0) is 9.59 Å². The number of urea groups is 1. The van der Waals surface area contributed by atoms with Crippen molar-refractivity contribution in [1.82, 2.24) is 20.4 Å². The summed E-state index contributed by atoms with van der Waals surface area (Å²) in [4.78, 5) is 52.2. The van der Waals surface area contributed by atoms with Gasteiger partial charge in [-0.3, -0.25) is 24.6 Å². The molecule has 0 bridgehead atoms. The summed E-state index contributed by atoms with van der Waals surface area (Å²) < 4.78 is 0. The van der Waals surface area contributed by atoms with Crippen LogP contribution in [0.2, 0.25) is 0 Å². The molecule has 4 amide bonds. The summed E-state index contributed by atoms with van der Waals surface area (Å²) in [7, 11) is 0. The van der Waals surface area contributed by atoms with Gasteiger partial charge in [0.1, 0.15) is 6.04 Å². The van der Waals surface area contributed by atoms with Gasteiger partial charge in [0.2, 0.25) is 5.91 Å². The fourth-order valence-corrected chi connectivity index (χ4v) is 3.82. The number of likely N-dealkylation sites (N-methyl/N-ethyl adjacent to an activating group) is 1. The number of nitro benzene ring substituents is 1. The van der Waals surface area contributed by atoms with Crippen molar-refractivity contribution < 1.29 is 19.3 Å². The molecule has 1 aromatic rings. The Balaban J connectivity index is 1.95. The van der Waals surface area contributed by atoms with Crippen LogP contribution in [0.25, 0.3) is 0 Å². The quantitative estimate of drug-likeness (QED) is 0.506. The minimum Gasteiger partial charge on any atom is -0.354 e. The lowest BCUT2D eigenvalue weighted by molar-refractivity contribution is -0.384. The number of hydrogen-bond acceptors (Lipinski definition) is 5. The molecule has 0 saturated heterocycles. The molecule has 31 heavy (non-hydrogen) atoms. The second kappa shape index (κ2) is 8.75. The topological polar surface area (TPSA) is 125 Å². The molecule has 2 aliphatic rings. The van der Waals surface area contributed by atoms with E-state index >= 15 is 0 Å². The standard InChI is InChI=1S/C21H27N5O5/c1-5-24-16-11-25(13(4)19(27)22-10-12(2)3)20(28)17(16)18(23-21(24)29)14-7-6-8-15(9-14)26(30)31/h6-9,12-13,18H,5,10-11H2,1-4H3,(H,22,27)(H,23,29). The number of benzene rings is 1. The van der Waals surface area contributed by atoms with Crippen molar-refractivity contribution in [3.63, 3.8) is 0 Å². The molecule has 0 radical (unpaired) electrons. The van der Waals surface area contributed by atoms with Crippen LogP contribution < -0.4 is 10.6 Å². The van der Waals surface area contributed by atoms with E-state index in [2.05, 4.69) is 10.6 Å². The lowest BCUT2D eigenvalue weighted by Gasteiger charge is -2.32. The van der Waals surface area contributed by atoms with Gasteiger partial charge in [-0.2, -0.15) is 0 Å². The van der Waals surface area contributed by atoms with Crippen LogP contribution >= 0.6 is 0 Å². The van der Waals surface area contributed by atoms with Gasteiger partial charge in [0.15, 0.2) is 0 Å². The first kappa shape index (κ1) is 22.3. The second-order valence-electron chi connectivity index (χ2n) is 8.09. The monoisotopic (exact) mass is 429 g/mol. The maximum Gasteiger partial charge on any atom is 0.322 e. The number of carbonyl (C=O) groups excluding carboxylic acids is 3. The van der Waals surface area contributed by atoms with Crippen molar-refractivity contribution in [1.29, 1.82) is 0 Å². The fourth-order valence-electron chi connectivity index (χ4n) is 3.82. The highest BCUT2D eigenvalue weighted by molar-refractivity contribution is 6.03. The highest BCUT2D eigenvalue weighted by atomic mass is 16.6. The van der Waals surface area contributed by atoms with Gasteiger partial charge in [0, 0.05) is 25.2 Å². The molecule has 2 atom stereocenters. The lowest BCUT2D eigenvalue weighted by Crippen LogP contribution is -2.47. The van der Waals surface area contributed by atoms with Gasteiger partial charge in [0.05, 0.1) is 28.8 Å². The molecular weight excluding hydrogens is 402 g/mol. The number of hydrogen-bond donors (Lipinski definition) is 2. The fraction of sp³-hybridized carbons (Fsp3) is 0.476. The van der Waals surface area contributed by atoms with Crippen LogP contribution in [0, 0.1) is 16.0 Å². The summed E-state index contributed by atoms with van der Waals surface area (Å²) in [6.07, 6.45) is 0. The maximum absolute atomic E-state index is 13.4. The molecule has 2 unspecified atom stereocenters. The van der Waals surface area contributed by atoms with Crippen LogP contribution in [0.5, 0.6) is 0 Å². The summed E-state index contributed by atoms with van der Waals surface area (Å²) in [6.45, 7) is 8.37. The Morgan fingerprint density at radius 1 is 1.32 bits per heavy atom. The van der Waals surface area contributed by atoms with Gasteiger partial charge >= 0.3 is 6.03 Å². The van der Waals surface area contributed by atoms with Gasteiger partial charge in [-0.1, -0.05) is 26.0 Å². The molecule has 0 fully saturated rings. The molecule has 2 heterocycles. The Kier molecular flexibility index (Phi) is 6.28. The second-order valence-corrected chi connectivity index (χ2v) is 8.09. The Bertz CT molecular complexity index is 957. The molecule has 1 aromatic carbocycles. The third-order valence-electron chi connectivity index (χ3n) is 5.51. The lowest BCUT2D eigenvalue weighted by atomic mass is 9.95. The number of carbonyl (C=O) groups is 3. The van der Waals surface area contributed by atoms with Crippen molar-refractivity contribution >= 4 is 23.5 Å². The van der Waals surface area contributed by atoms with Crippen molar-refractivity contribution in [2.24, 2.45) is 5.92 Å². The molecule has 166 valence electrons. The van der Waals surface area contributed by atoms with E-state index < -0.39 is 17.0 Å². The SMILES string of the molecule is CCN1C(=O)NC(c2cccc([N+](=O)[O-])c2)C2=C1CN(C(C)C(=O)NCC(C)C)C2=O. The Morgan fingerprint density at radius 3 is 2.65 bits per heavy atom. The molecule has 10 heteroatoms. The van der Waals surface area contributed by atoms with Crippen LogP contribution in [0.3, 0.4) is 0 Å². The Morgan fingerprint density at radius 2 is 2.03 bits per heavy atom. The third-order valence-corrected chi connectivity index (χ3v) is 5.51. The molecule has 3 rings (SSSR count). The van der Waals surface area contributed by atoms with E-state index in [4.69, 9.17) is 0 Å².